The Balaban J connectivity index is 2.06. The van der Waals surface area contributed by atoms with Crippen LogP contribution >= 0.6 is 11.6 Å². The predicted octanol–water partition coefficient (Wildman–Crippen LogP) is 4.17. The summed E-state index contributed by atoms with van der Waals surface area (Å²) in [5, 5.41) is 0. The van der Waals surface area contributed by atoms with E-state index in [1.54, 1.807) is 0 Å². The molecule has 3 heteroatoms. The van der Waals surface area contributed by atoms with Crippen molar-refractivity contribution in [1.29, 1.82) is 0 Å². The molecule has 0 fully saturated rings. The topological polar surface area (TPSA) is 17.8 Å². The number of para-hydroxylation sites is 2. The molecule has 0 aliphatic rings. The lowest BCUT2D eigenvalue weighted by molar-refractivity contribution is 0.754. The van der Waals surface area contributed by atoms with Gasteiger partial charge in [0.2, 0.25) is 0 Å². The Morgan fingerprint density at radius 2 is 1.95 bits per heavy atom. The quantitative estimate of drug-likeness (QED) is 0.657. The summed E-state index contributed by atoms with van der Waals surface area (Å²) < 4.78 is 2.27. The third-order valence-electron chi connectivity index (χ3n) is 3.47. The molecule has 0 N–H and O–H groups in total. The summed E-state index contributed by atoms with van der Waals surface area (Å²) in [7, 11) is 0. The van der Waals surface area contributed by atoms with Crippen LogP contribution in [0.25, 0.3) is 11.0 Å². The van der Waals surface area contributed by atoms with Gasteiger partial charge in [0, 0.05) is 18.8 Å². The average molecular weight is 285 g/mol. The van der Waals surface area contributed by atoms with Crippen molar-refractivity contribution in [2.24, 2.45) is 0 Å². The first-order valence-corrected chi connectivity index (χ1v) is 7.37. The molecule has 3 rings (SSSR count). The van der Waals surface area contributed by atoms with Crippen molar-refractivity contribution in [3.8, 4) is 0 Å². The lowest BCUT2D eigenvalue weighted by atomic mass is 10.1. The molecule has 0 atom stereocenters. The van der Waals surface area contributed by atoms with Gasteiger partial charge >= 0.3 is 0 Å². The molecular formula is C17H17ClN2. The molecule has 0 amide bonds. The molecule has 2 aromatic carbocycles. The van der Waals surface area contributed by atoms with E-state index in [2.05, 4.69) is 54.0 Å². The van der Waals surface area contributed by atoms with Crippen molar-refractivity contribution >= 4 is 22.6 Å². The van der Waals surface area contributed by atoms with E-state index in [-0.39, 0.29) is 0 Å². The first kappa shape index (κ1) is 13.2. The van der Waals surface area contributed by atoms with Gasteiger partial charge in [-0.05, 0) is 24.6 Å². The van der Waals surface area contributed by atoms with Gasteiger partial charge in [-0.15, -0.1) is 11.6 Å². The zero-order chi connectivity index (χ0) is 13.9. The number of benzene rings is 2. The number of aromatic nitrogens is 2. The van der Waals surface area contributed by atoms with Crippen molar-refractivity contribution in [3.05, 3.63) is 65.5 Å². The van der Waals surface area contributed by atoms with Crippen LogP contribution < -0.4 is 0 Å². The number of alkyl halides is 1. The second-order valence-electron chi connectivity index (χ2n) is 5.03. The molecule has 3 aromatic rings. The summed E-state index contributed by atoms with van der Waals surface area (Å²) in [5.74, 6) is 1.65. The van der Waals surface area contributed by atoms with E-state index in [0.29, 0.717) is 5.88 Å². The highest BCUT2D eigenvalue weighted by atomic mass is 35.5. The van der Waals surface area contributed by atoms with Crippen molar-refractivity contribution < 1.29 is 0 Å². The van der Waals surface area contributed by atoms with Gasteiger partial charge in [-0.3, -0.25) is 0 Å². The number of halogens is 1. The lowest BCUT2D eigenvalue weighted by Crippen LogP contribution is -2.06. The molecule has 0 radical (unpaired) electrons. The van der Waals surface area contributed by atoms with E-state index < -0.39 is 0 Å². The van der Waals surface area contributed by atoms with Gasteiger partial charge in [0.1, 0.15) is 5.82 Å². The third kappa shape index (κ3) is 2.56. The van der Waals surface area contributed by atoms with Gasteiger partial charge in [-0.1, -0.05) is 42.0 Å². The Hall–Kier alpha value is -1.80. The number of fused-ring (bicyclic) bond motifs is 1. The highest BCUT2D eigenvalue weighted by Crippen LogP contribution is 2.19. The number of aryl methyl sites for hydroxylation is 2. The van der Waals surface area contributed by atoms with Gasteiger partial charge in [0.15, 0.2) is 0 Å². The van der Waals surface area contributed by atoms with Crippen LogP contribution in [0.1, 0.15) is 17.0 Å². The average Bonchev–Trinajstić information content (AvgIpc) is 2.78. The second-order valence-corrected chi connectivity index (χ2v) is 5.41. The third-order valence-corrected chi connectivity index (χ3v) is 3.66. The highest BCUT2D eigenvalue weighted by Gasteiger charge is 2.10. The minimum absolute atomic E-state index is 0.594. The molecule has 102 valence electrons. The van der Waals surface area contributed by atoms with E-state index in [1.165, 1.54) is 16.6 Å². The van der Waals surface area contributed by atoms with Crippen LogP contribution in [0.2, 0.25) is 0 Å². The number of hydrogen-bond acceptors (Lipinski definition) is 1. The fraction of sp³-hybridized carbons (Fsp3) is 0.235. The Morgan fingerprint density at radius 1 is 1.10 bits per heavy atom. The minimum Gasteiger partial charge on any atom is -0.323 e. The standard InChI is InChI=1S/C17H17ClN2/c1-13-5-4-6-14(11-13)12-20-16-8-3-2-7-15(16)19-17(20)9-10-18/h2-8,11H,9-10,12H2,1H3. The Labute approximate surface area is 124 Å². The van der Waals surface area contributed by atoms with E-state index >= 15 is 0 Å². The largest absolute Gasteiger partial charge is 0.323 e. The number of hydrogen-bond donors (Lipinski definition) is 0. The monoisotopic (exact) mass is 284 g/mol. The summed E-state index contributed by atoms with van der Waals surface area (Å²) in [5.41, 5.74) is 4.80. The van der Waals surface area contributed by atoms with E-state index in [9.17, 15) is 0 Å². The van der Waals surface area contributed by atoms with Crippen LogP contribution in [0.15, 0.2) is 48.5 Å². The maximum absolute atomic E-state index is 5.91. The van der Waals surface area contributed by atoms with Gasteiger partial charge < -0.3 is 4.57 Å². The highest BCUT2D eigenvalue weighted by molar-refractivity contribution is 6.17. The van der Waals surface area contributed by atoms with Crippen LogP contribution in [-0.2, 0) is 13.0 Å². The van der Waals surface area contributed by atoms with Crippen LogP contribution in [0.5, 0.6) is 0 Å². The maximum atomic E-state index is 5.91. The van der Waals surface area contributed by atoms with Crippen molar-refractivity contribution in [3.63, 3.8) is 0 Å². The molecule has 0 unspecified atom stereocenters. The lowest BCUT2D eigenvalue weighted by Gasteiger charge is -2.09. The molecular weight excluding hydrogens is 268 g/mol. The van der Waals surface area contributed by atoms with Crippen LogP contribution in [0, 0.1) is 6.92 Å². The Kier molecular flexibility index (Phi) is 3.75. The van der Waals surface area contributed by atoms with Crippen molar-refractivity contribution in [1.82, 2.24) is 9.55 Å². The van der Waals surface area contributed by atoms with Gasteiger partial charge in [0.05, 0.1) is 11.0 Å². The normalized spacial score (nSPS) is 11.1. The smallest absolute Gasteiger partial charge is 0.111 e. The number of imidazole rings is 1. The van der Waals surface area contributed by atoms with E-state index in [0.717, 1.165) is 24.3 Å². The molecule has 0 saturated heterocycles. The SMILES string of the molecule is Cc1cccc(Cn2c(CCCl)nc3ccccc32)c1. The van der Waals surface area contributed by atoms with Crippen LogP contribution in [-0.4, -0.2) is 15.4 Å². The maximum Gasteiger partial charge on any atom is 0.111 e. The zero-order valence-corrected chi connectivity index (χ0v) is 12.3. The van der Waals surface area contributed by atoms with Crippen molar-refractivity contribution in [2.75, 3.05) is 5.88 Å². The molecule has 1 aromatic heterocycles. The van der Waals surface area contributed by atoms with Crippen molar-refractivity contribution in [2.45, 2.75) is 19.9 Å². The van der Waals surface area contributed by atoms with Crippen LogP contribution in [0.3, 0.4) is 0 Å². The first-order chi connectivity index (χ1) is 9.78. The molecule has 0 spiro atoms. The molecule has 1 heterocycles. The van der Waals surface area contributed by atoms with E-state index in [4.69, 9.17) is 16.6 Å². The molecule has 2 nitrogen and oxygen atoms in total. The Morgan fingerprint density at radius 3 is 2.75 bits per heavy atom. The second kappa shape index (κ2) is 5.68. The summed E-state index contributed by atoms with van der Waals surface area (Å²) in [6.45, 7) is 2.96. The summed E-state index contributed by atoms with van der Waals surface area (Å²) in [6, 6.07) is 16.9. The number of rotatable bonds is 4. The number of nitrogens with zero attached hydrogens (tertiary/aromatic N) is 2. The molecule has 0 saturated carbocycles. The predicted molar refractivity (Wildman–Crippen MR) is 84.4 cm³/mol. The fourth-order valence-corrected chi connectivity index (χ4v) is 2.74. The molecule has 0 aliphatic heterocycles. The van der Waals surface area contributed by atoms with Gasteiger partial charge in [0.25, 0.3) is 0 Å². The van der Waals surface area contributed by atoms with Gasteiger partial charge in [-0.25, -0.2) is 4.98 Å². The van der Waals surface area contributed by atoms with E-state index in [1.807, 2.05) is 6.07 Å². The summed E-state index contributed by atoms with van der Waals surface area (Å²) in [6.07, 6.45) is 0.794. The molecule has 0 aliphatic carbocycles. The molecule has 20 heavy (non-hydrogen) atoms. The molecule has 0 bridgehead atoms. The van der Waals surface area contributed by atoms with Gasteiger partial charge in [-0.2, -0.15) is 0 Å². The fourth-order valence-electron chi connectivity index (χ4n) is 2.57. The first-order valence-electron chi connectivity index (χ1n) is 6.83. The Bertz CT molecular complexity index is 731. The zero-order valence-electron chi connectivity index (χ0n) is 11.5. The summed E-state index contributed by atoms with van der Waals surface area (Å²) >= 11 is 5.91. The minimum atomic E-state index is 0.594. The summed E-state index contributed by atoms with van der Waals surface area (Å²) in [4.78, 5) is 4.70. The van der Waals surface area contributed by atoms with Crippen LogP contribution in [0.4, 0.5) is 0 Å².